The van der Waals surface area contributed by atoms with Gasteiger partial charge in [0.1, 0.15) is 5.75 Å². The van der Waals surface area contributed by atoms with Crippen LogP contribution in [0.15, 0.2) is 24.3 Å². The van der Waals surface area contributed by atoms with Gasteiger partial charge in [-0.2, -0.15) is 0 Å². The fraction of sp³-hybridized carbons (Fsp3) is 0.727. The van der Waals surface area contributed by atoms with Crippen LogP contribution in [0.2, 0.25) is 0 Å². The topological polar surface area (TPSA) is 77.8 Å². The molecule has 1 aromatic carbocycles. The van der Waals surface area contributed by atoms with E-state index < -0.39 is 11.5 Å². The Labute approximate surface area is 228 Å². The molecule has 1 aromatic rings. The van der Waals surface area contributed by atoms with Crippen LogP contribution in [0.1, 0.15) is 143 Å². The Bertz CT molecular complexity index is 828. The molecule has 0 aliphatic heterocycles. The van der Waals surface area contributed by atoms with Gasteiger partial charge < -0.3 is 15.3 Å². The molecule has 1 atom stereocenters. The second-order valence-electron chi connectivity index (χ2n) is 13.3. The van der Waals surface area contributed by atoms with Gasteiger partial charge in [-0.05, 0) is 47.6 Å². The molecule has 0 aromatic heterocycles. The lowest BCUT2D eigenvalue weighted by Crippen LogP contribution is -2.38. The van der Waals surface area contributed by atoms with E-state index in [1.807, 2.05) is 39.8 Å². The molecule has 1 unspecified atom stereocenters. The number of benzene rings is 1. The normalized spacial score (nSPS) is 13.9. The quantitative estimate of drug-likeness (QED) is 0.147. The van der Waals surface area contributed by atoms with E-state index >= 15 is 0 Å². The standard InChI is InChI=1S/C31H52O4.C2H6/c1-28(2,3)24-19-22(20-25(26(24)34)29(4,5)6)27(35)31(9,10)30(7,8)18-16-14-12-11-13-15-17-23(33)21-32;1-2/h16,18-20,23,32-34H,11-15,17,21H2,1-10H3;1-2H3/b18-16+;. The molecule has 3 N–H and O–H groups in total. The predicted molar refractivity (Wildman–Crippen MR) is 159 cm³/mol. The van der Waals surface area contributed by atoms with Gasteiger partial charge in [0.2, 0.25) is 0 Å². The van der Waals surface area contributed by atoms with Crippen LogP contribution < -0.4 is 0 Å². The zero-order valence-electron chi connectivity index (χ0n) is 26.1. The number of ketones is 1. The number of hydrogen-bond donors (Lipinski definition) is 3. The number of phenols is 1. The second-order valence-corrected chi connectivity index (χ2v) is 13.3. The van der Waals surface area contributed by atoms with Gasteiger partial charge in [-0.1, -0.05) is 114 Å². The summed E-state index contributed by atoms with van der Waals surface area (Å²) in [7, 11) is 0. The highest BCUT2D eigenvalue weighted by Gasteiger charge is 2.42. The Balaban J connectivity index is 0.00000631. The number of unbranched alkanes of at least 4 members (excludes halogenated alkanes) is 4. The number of aliphatic hydroxyl groups excluding tert-OH is 2. The minimum Gasteiger partial charge on any atom is -0.507 e. The molecule has 4 heteroatoms. The van der Waals surface area contributed by atoms with E-state index in [1.54, 1.807) is 0 Å². The summed E-state index contributed by atoms with van der Waals surface area (Å²) in [5.41, 5.74) is 0.733. The van der Waals surface area contributed by atoms with Crippen molar-refractivity contribution in [3.05, 3.63) is 41.0 Å². The third-order valence-corrected chi connectivity index (χ3v) is 7.57. The molecular weight excluding hydrogens is 460 g/mol. The summed E-state index contributed by atoms with van der Waals surface area (Å²) in [6, 6.07) is 3.78. The average molecular weight is 519 g/mol. The lowest BCUT2D eigenvalue weighted by atomic mass is 9.63. The molecule has 37 heavy (non-hydrogen) atoms. The maximum absolute atomic E-state index is 13.9. The first-order valence-electron chi connectivity index (χ1n) is 14.3. The monoisotopic (exact) mass is 518 g/mol. The van der Waals surface area contributed by atoms with Crippen LogP contribution in [0, 0.1) is 10.8 Å². The Morgan fingerprint density at radius 3 is 1.73 bits per heavy atom. The lowest BCUT2D eigenvalue weighted by molar-refractivity contribution is 0.0680. The highest BCUT2D eigenvalue weighted by atomic mass is 16.3. The van der Waals surface area contributed by atoms with Crippen molar-refractivity contribution in [3.63, 3.8) is 0 Å². The van der Waals surface area contributed by atoms with Gasteiger partial charge in [-0.3, -0.25) is 4.79 Å². The smallest absolute Gasteiger partial charge is 0.169 e. The van der Waals surface area contributed by atoms with E-state index in [-0.39, 0.29) is 28.6 Å². The highest BCUT2D eigenvalue weighted by molar-refractivity contribution is 6.01. The number of carbonyl (C=O) groups excluding carboxylic acids is 1. The summed E-state index contributed by atoms with van der Waals surface area (Å²) in [5.74, 6) is 0.384. The fourth-order valence-corrected chi connectivity index (χ4v) is 4.24. The van der Waals surface area contributed by atoms with Gasteiger partial charge >= 0.3 is 0 Å². The summed E-state index contributed by atoms with van der Waals surface area (Å²) in [5, 5.41) is 29.3. The maximum atomic E-state index is 13.9. The largest absolute Gasteiger partial charge is 0.507 e. The highest BCUT2D eigenvalue weighted by Crippen LogP contribution is 2.45. The number of carbonyl (C=O) groups is 1. The van der Waals surface area contributed by atoms with Gasteiger partial charge in [-0.25, -0.2) is 0 Å². The van der Waals surface area contributed by atoms with Crippen LogP contribution in [0.25, 0.3) is 0 Å². The van der Waals surface area contributed by atoms with Crippen LogP contribution in [0.5, 0.6) is 5.75 Å². The van der Waals surface area contributed by atoms with Gasteiger partial charge in [0.15, 0.2) is 5.78 Å². The van der Waals surface area contributed by atoms with Crippen LogP contribution in [0.4, 0.5) is 0 Å². The van der Waals surface area contributed by atoms with E-state index in [0.29, 0.717) is 17.7 Å². The van der Waals surface area contributed by atoms with Crippen molar-refractivity contribution in [2.24, 2.45) is 10.8 Å². The average Bonchev–Trinajstić information content (AvgIpc) is 2.79. The first kappa shape index (κ1) is 35.4. The third-order valence-electron chi connectivity index (χ3n) is 7.57. The second kappa shape index (κ2) is 14.5. The predicted octanol–water partition coefficient (Wildman–Crippen LogP) is 8.50. The molecular formula is C33H58O4. The first-order valence-corrected chi connectivity index (χ1v) is 14.3. The SMILES string of the molecule is CC.CC(C)(C)c1cc(C(=O)C(C)(C)C(C)(C)/C=C/CCCCCCC(O)CO)cc(C(C)(C)C)c1O. The van der Waals surface area contributed by atoms with E-state index in [1.165, 1.54) is 0 Å². The summed E-state index contributed by atoms with van der Waals surface area (Å²) in [6.45, 7) is 24.5. The molecule has 214 valence electrons. The number of phenolic OH excluding ortho intramolecular Hbond substituents is 1. The fourth-order valence-electron chi connectivity index (χ4n) is 4.24. The third kappa shape index (κ3) is 10.2. The van der Waals surface area contributed by atoms with Crippen molar-refractivity contribution in [2.75, 3.05) is 6.61 Å². The molecule has 0 heterocycles. The zero-order valence-corrected chi connectivity index (χ0v) is 26.1. The van der Waals surface area contributed by atoms with Crippen molar-refractivity contribution in [1.29, 1.82) is 0 Å². The molecule has 0 radical (unpaired) electrons. The van der Waals surface area contributed by atoms with Crippen molar-refractivity contribution >= 4 is 5.78 Å². The molecule has 0 bridgehead atoms. The molecule has 0 aliphatic carbocycles. The van der Waals surface area contributed by atoms with Crippen LogP contribution in [-0.4, -0.2) is 33.8 Å². The minimum absolute atomic E-state index is 0.0885. The van der Waals surface area contributed by atoms with Crippen molar-refractivity contribution in [1.82, 2.24) is 0 Å². The number of aliphatic hydroxyl groups is 2. The van der Waals surface area contributed by atoms with Crippen molar-refractivity contribution in [2.45, 2.75) is 139 Å². The Kier molecular flexibility index (Phi) is 13.8. The van der Waals surface area contributed by atoms with E-state index in [4.69, 9.17) is 5.11 Å². The summed E-state index contributed by atoms with van der Waals surface area (Å²) in [4.78, 5) is 13.9. The van der Waals surface area contributed by atoms with Gasteiger partial charge in [-0.15, -0.1) is 0 Å². The lowest BCUT2D eigenvalue weighted by Gasteiger charge is -2.39. The summed E-state index contributed by atoms with van der Waals surface area (Å²) < 4.78 is 0. The van der Waals surface area contributed by atoms with E-state index in [0.717, 1.165) is 43.2 Å². The number of Topliss-reactive ketones (excluding diaryl/α,β-unsaturated/α-hetero) is 1. The minimum atomic E-state index is -0.634. The molecule has 0 amide bonds. The molecule has 1 rings (SSSR count). The Morgan fingerprint density at radius 1 is 0.838 bits per heavy atom. The Hall–Kier alpha value is -1.65. The van der Waals surface area contributed by atoms with Crippen molar-refractivity contribution in [3.8, 4) is 5.75 Å². The number of aromatic hydroxyl groups is 1. The summed E-state index contributed by atoms with van der Waals surface area (Å²) in [6.07, 6.45) is 9.51. The van der Waals surface area contributed by atoms with Gasteiger partial charge in [0, 0.05) is 22.1 Å². The molecule has 0 spiro atoms. The summed E-state index contributed by atoms with van der Waals surface area (Å²) >= 11 is 0. The van der Waals surface area contributed by atoms with Gasteiger partial charge in [0.25, 0.3) is 0 Å². The first-order chi connectivity index (χ1) is 16.9. The number of allylic oxidation sites excluding steroid dienone is 2. The molecule has 0 saturated carbocycles. The van der Waals surface area contributed by atoms with Crippen LogP contribution in [-0.2, 0) is 10.8 Å². The molecule has 4 nitrogen and oxygen atoms in total. The maximum Gasteiger partial charge on any atom is 0.169 e. The van der Waals surface area contributed by atoms with E-state index in [2.05, 4.69) is 67.5 Å². The molecule has 0 aliphatic rings. The van der Waals surface area contributed by atoms with Crippen molar-refractivity contribution < 1.29 is 20.1 Å². The number of hydrogen-bond acceptors (Lipinski definition) is 4. The van der Waals surface area contributed by atoms with Crippen LogP contribution >= 0.6 is 0 Å². The number of rotatable bonds is 12. The molecule has 0 fully saturated rings. The van der Waals surface area contributed by atoms with Crippen LogP contribution in [0.3, 0.4) is 0 Å². The van der Waals surface area contributed by atoms with Gasteiger partial charge in [0.05, 0.1) is 12.7 Å². The Morgan fingerprint density at radius 2 is 1.30 bits per heavy atom. The van der Waals surface area contributed by atoms with E-state index in [9.17, 15) is 15.0 Å². The zero-order chi connectivity index (χ0) is 29.2. The molecule has 0 saturated heterocycles.